The van der Waals surface area contributed by atoms with Crippen LogP contribution in [-0.2, 0) is 16.0 Å². The molecule has 0 aromatic heterocycles. The normalized spacial score (nSPS) is 10.4. The molecule has 1 amide bonds. The molecular weight excluding hydrogens is 342 g/mol. The number of carbonyl (C=O) groups excluding carboxylic acids is 2. The summed E-state index contributed by atoms with van der Waals surface area (Å²) in [7, 11) is 1.49. The topological polar surface area (TPSA) is 64.6 Å². The Morgan fingerprint density at radius 2 is 1.63 bits per heavy atom. The summed E-state index contributed by atoms with van der Waals surface area (Å²) in [6.07, 6.45) is 0.930. The Morgan fingerprint density at radius 1 is 0.963 bits per heavy atom. The molecule has 5 heteroatoms. The van der Waals surface area contributed by atoms with Crippen LogP contribution < -0.4 is 10.1 Å². The van der Waals surface area contributed by atoms with Gasteiger partial charge in [0.2, 0.25) is 0 Å². The van der Waals surface area contributed by atoms with Crippen LogP contribution in [0.4, 0.5) is 5.69 Å². The van der Waals surface area contributed by atoms with Crippen molar-refractivity contribution >= 4 is 28.3 Å². The fraction of sp³-hybridized carbons (Fsp3) is 0.182. The van der Waals surface area contributed by atoms with E-state index in [1.54, 1.807) is 12.1 Å². The summed E-state index contributed by atoms with van der Waals surface area (Å²) in [6.45, 7) is 1.69. The molecule has 0 spiro atoms. The summed E-state index contributed by atoms with van der Waals surface area (Å²) in [5.41, 5.74) is 2.13. The third-order valence-corrected chi connectivity index (χ3v) is 4.27. The number of methoxy groups -OCH3 is 1. The quantitative estimate of drug-likeness (QED) is 0.667. The summed E-state index contributed by atoms with van der Waals surface area (Å²) >= 11 is 0. The lowest BCUT2D eigenvalue weighted by Crippen LogP contribution is -2.21. The number of ether oxygens (including phenoxy) is 2. The zero-order valence-electron chi connectivity index (χ0n) is 15.3. The Bertz CT molecular complexity index is 964. The first kappa shape index (κ1) is 18.5. The van der Waals surface area contributed by atoms with E-state index in [1.807, 2.05) is 48.5 Å². The van der Waals surface area contributed by atoms with Gasteiger partial charge in [-0.15, -0.1) is 0 Å². The van der Waals surface area contributed by atoms with Gasteiger partial charge >= 0.3 is 5.97 Å². The van der Waals surface area contributed by atoms with E-state index in [0.29, 0.717) is 11.4 Å². The van der Waals surface area contributed by atoms with Crippen LogP contribution in [-0.4, -0.2) is 25.6 Å². The Labute approximate surface area is 157 Å². The van der Waals surface area contributed by atoms with Crippen LogP contribution in [0.5, 0.6) is 5.75 Å². The van der Waals surface area contributed by atoms with Crippen molar-refractivity contribution in [1.82, 2.24) is 0 Å². The number of hydrogen-bond acceptors (Lipinski definition) is 4. The molecule has 0 bridgehead atoms. The lowest BCUT2D eigenvalue weighted by molar-refractivity contribution is -0.119. The molecule has 3 aromatic rings. The van der Waals surface area contributed by atoms with E-state index in [0.717, 1.165) is 17.2 Å². The molecule has 0 aliphatic carbocycles. The predicted octanol–water partition coefficient (Wildman–Crippen LogP) is 4.21. The van der Waals surface area contributed by atoms with E-state index < -0.39 is 11.9 Å². The van der Waals surface area contributed by atoms with Crippen molar-refractivity contribution < 1.29 is 19.1 Å². The Kier molecular flexibility index (Phi) is 5.71. The fourth-order valence-corrected chi connectivity index (χ4v) is 2.78. The highest BCUT2D eigenvalue weighted by atomic mass is 16.5. The molecule has 0 fully saturated rings. The molecule has 0 saturated heterocycles. The second-order valence-electron chi connectivity index (χ2n) is 6.07. The maximum absolute atomic E-state index is 12.4. The average Bonchev–Trinajstić information content (AvgIpc) is 2.71. The van der Waals surface area contributed by atoms with Gasteiger partial charge in [0, 0.05) is 5.69 Å². The van der Waals surface area contributed by atoms with E-state index in [1.165, 1.54) is 12.7 Å². The highest BCUT2D eigenvalue weighted by Crippen LogP contribution is 2.26. The largest absolute Gasteiger partial charge is 0.496 e. The van der Waals surface area contributed by atoms with Gasteiger partial charge in [0.15, 0.2) is 6.61 Å². The number of rotatable bonds is 6. The van der Waals surface area contributed by atoms with Gasteiger partial charge in [0.05, 0.1) is 7.11 Å². The van der Waals surface area contributed by atoms with Crippen molar-refractivity contribution in [3.05, 3.63) is 71.8 Å². The first-order chi connectivity index (χ1) is 13.1. The van der Waals surface area contributed by atoms with Gasteiger partial charge in [-0.3, -0.25) is 4.79 Å². The molecule has 5 nitrogen and oxygen atoms in total. The number of hydrogen-bond donors (Lipinski definition) is 1. The second-order valence-corrected chi connectivity index (χ2v) is 6.07. The van der Waals surface area contributed by atoms with Crippen molar-refractivity contribution in [2.45, 2.75) is 13.3 Å². The van der Waals surface area contributed by atoms with Crippen LogP contribution in [0, 0.1) is 0 Å². The molecule has 27 heavy (non-hydrogen) atoms. The van der Waals surface area contributed by atoms with Gasteiger partial charge in [-0.1, -0.05) is 43.3 Å². The van der Waals surface area contributed by atoms with Gasteiger partial charge < -0.3 is 14.8 Å². The van der Waals surface area contributed by atoms with Crippen molar-refractivity contribution in [2.24, 2.45) is 0 Å². The van der Waals surface area contributed by atoms with Gasteiger partial charge in [-0.2, -0.15) is 0 Å². The number of anilines is 1. The van der Waals surface area contributed by atoms with Crippen LogP contribution in [0.1, 0.15) is 22.8 Å². The highest BCUT2D eigenvalue weighted by Gasteiger charge is 2.16. The maximum Gasteiger partial charge on any atom is 0.342 e. The van der Waals surface area contributed by atoms with Gasteiger partial charge in [-0.05, 0) is 47.0 Å². The average molecular weight is 363 g/mol. The van der Waals surface area contributed by atoms with Crippen LogP contribution in [0.2, 0.25) is 0 Å². The third-order valence-electron chi connectivity index (χ3n) is 4.27. The molecule has 0 atom stereocenters. The third kappa shape index (κ3) is 4.44. The Balaban J connectivity index is 1.66. The Hall–Kier alpha value is -3.34. The smallest absolute Gasteiger partial charge is 0.342 e. The standard InChI is InChI=1S/C22H21NO4/c1-3-15-8-10-18(11-9-15)23-21(24)14-27-22(25)19-12-16-6-4-5-7-17(16)13-20(19)26-2/h4-13H,3,14H2,1-2H3,(H,23,24). The van der Waals surface area contributed by atoms with Crippen LogP contribution in [0.25, 0.3) is 10.8 Å². The molecule has 0 saturated carbocycles. The van der Waals surface area contributed by atoms with Crippen LogP contribution in [0.15, 0.2) is 60.7 Å². The minimum absolute atomic E-state index is 0.288. The fourth-order valence-electron chi connectivity index (χ4n) is 2.78. The highest BCUT2D eigenvalue weighted by molar-refractivity contribution is 6.00. The van der Waals surface area contributed by atoms with E-state index in [9.17, 15) is 9.59 Å². The molecule has 138 valence electrons. The summed E-state index contributed by atoms with van der Waals surface area (Å²) in [5, 5.41) is 4.56. The van der Waals surface area contributed by atoms with Crippen molar-refractivity contribution in [2.75, 3.05) is 19.0 Å². The number of carbonyl (C=O) groups is 2. The van der Waals surface area contributed by atoms with Crippen LogP contribution >= 0.6 is 0 Å². The van der Waals surface area contributed by atoms with E-state index >= 15 is 0 Å². The minimum atomic E-state index is -0.603. The number of nitrogens with one attached hydrogen (secondary N) is 1. The number of benzene rings is 3. The molecule has 0 unspecified atom stereocenters. The van der Waals surface area contributed by atoms with Crippen molar-refractivity contribution in [1.29, 1.82) is 0 Å². The molecule has 0 aliphatic rings. The number of fused-ring (bicyclic) bond motifs is 1. The molecule has 3 rings (SSSR count). The van der Waals surface area contributed by atoms with Gasteiger partial charge in [0.25, 0.3) is 5.91 Å². The first-order valence-electron chi connectivity index (χ1n) is 8.73. The van der Waals surface area contributed by atoms with Crippen LogP contribution in [0.3, 0.4) is 0 Å². The zero-order valence-corrected chi connectivity index (χ0v) is 15.3. The summed E-state index contributed by atoms with van der Waals surface area (Å²) in [6, 6.07) is 18.7. The first-order valence-corrected chi connectivity index (χ1v) is 8.73. The molecule has 1 N–H and O–H groups in total. The molecule has 3 aromatic carbocycles. The van der Waals surface area contributed by atoms with Crippen molar-refractivity contribution in [3.63, 3.8) is 0 Å². The van der Waals surface area contributed by atoms with E-state index in [-0.39, 0.29) is 12.2 Å². The molecular formula is C22H21NO4. The SMILES string of the molecule is CCc1ccc(NC(=O)COC(=O)c2cc3ccccc3cc2OC)cc1. The number of esters is 1. The summed E-state index contributed by atoms with van der Waals surface area (Å²) in [4.78, 5) is 24.5. The monoisotopic (exact) mass is 363 g/mol. The number of amides is 1. The summed E-state index contributed by atoms with van der Waals surface area (Å²) in [5.74, 6) is -0.587. The lowest BCUT2D eigenvalue weighted by atomic mass is 10.1. The second kappa shape index (κ2) is 8.36. The van der Waals surface area contributed by atoms with E-state index in [4.69, 9.17) is 9.47 Å². The minimum Gasteiger partial charge on any atom is -0.496 e. The number of aryl methyl sites for hydroxylation is 1. The van der Waals surface area contributed by atoms with Gasteiger partial charge in [0.1, 0.15) is 11.3 Å². The summed E-state index contributed by atoms with van der Waals surface area (Å²) < 4.78 is 10.5. The predicted molar refractivity (Wildman–Crippen MR) is 105 cm³/mol. The van der Waals surface area contributed by atoms with Crippen molar-refractivity contribution in [3.8, 4) is 5.75 Å². The van der Waals surface area contributed by atoms with E-state index in [2.05, 4.69) is 12.2 Å². The Morgan fingerprint density at radius 3 is 2.26 bits per heavy atom. The maximum atomic E-state index is 12.4. The lowest BCUT2D eigenvalue weighted by Gasteiger charge is -2.11. The van der Waals surface area contributed by atoms with Gasteiger partial charge in [-0.25, -0.2) is 4.79 Å². The molecule has 0 heterocycles. The molecule has 0 aliphatic heterocycles. The zero-order chi connectivity index (χ0) is 19.2. The molecule has 0 radical (unpaired) electrons.